The van der Waals surface area contributed by atoms with Crippen molar-refractivity contribution in [3.8, 4) is 17.3 Å². The molecule has 86 valence electrons. The maximum atomic E-state index is 9.28. The van der Waals surface area contributed by atoms with Gasteiger partial charge in [-0.1, -0.05) is 30.3 Å². The molecule has 2 aromatic heterocycles. The van der Waals surface area contributed by atoms with Gasteiger partial charge in [-0.25, -0.2) is 4.98 Å². The Morgan fingerprint density at radius 2 is 2.00 bits per heavy atom. The van der Waals surface area contributed by atoms with Crippen LogP contribution in [-0.2, 0) is 0 Å². The fraction of sp³-hybridized carbons (Fsp3) is 0. The second kappa shape index (κ2) is 3.82. The second-order valence-corrected chi connectivity index (χ2v) is 3.70. The lowest BCUT2D eigenvalue weighted by molar-refractivity contribution is 1.08. The van der Waals surface area contributed by atoms with Crippen molar-refractivity contribution in [3.05, 3.63) is 42.2 Å². The van der Waals surface area contributed by atoms with E-state index < -0.39 is 0 Å². The zero-order valence-corrected chi connectivity index (χ0v) is 9.28. The highest BCUT2D eigenvalue weighted by Crippen LogP contribution is 2.24. The van der Waals surface area contributed by atoms with Gasteiger partial charge in [0.1, 0.15) is 18.0 Å². The molecule has 0 atom stereocenters. The predicted octanol–water partition coefficient (Wildman–Crippen LogP) is 1.25. The number of anilines is 1. The van der Waals surface area contributed by atoms with Crippen LogP contribution in [0.25, 0.3) is 16.9 Å². The van der Waals surface area contributed by atoms with Crippen molar-refractivity contribution in [2.24, 2.45) is 0 Å². The summed E-state index contributed by atoms with van der Waals surface area (Å²) in [7, 11) is 0. The highest BCUT2D eigenvalue weighted by Gasteiger charge is 2.15. The zero-order valence-electron chi connectivity index (χ0n) is 9.28. The van der Waals surface area contributed by atoms with Gasteiger partial charge in [0.05, 0.1) is 5.69 Å². The maximum Gasteiger partial charge on any atom is 0.207 e. The Morgan fingerprint density at radius 1 is 1.22 bits per heavy atom. The largest absolute Gasteiger partial charge is 0.369 e. The molecule has 0 bridgehead atoms. The molecule has 0 spiro atoms. The average molecular weight is 236 g/mol. The topological polar surface area (TPSA) is 92.9 Å². The van der Waals surface area contributed by atoms with E-state index in [9.17, 15) is 5.26 Å². The summed E-state index contributed by atoms with van der Waals surface area (Å²) in [4.78, 5) is 4.25. The number of nitriles is 1. The van der Waals surface area contributed by atoms with Gasteiger partial charge in [0.25, 0.3) is 0 Å². The summed E-state index contributed by atoms with van der Waals surface area (Å²) < 4.78 is 1.49. The van der Waals surface area contributed by atoms with Crippen molar-refractivity contribution >= 4 is 11.6 Å². The van der Waals surface area contributed by atoms with Crippen LogP contribution in [-0.4, -0.2) is 19.6 Å². The summed E-state index contributed by atoms with van der Waals surface area (Å²) in [6.45, 7) is 0. The van der Waals surface area contributed by atoms with E-state index in [0.717, 1.165) is 5.56 Å². The first kappa shape index (κ1) is 10.2. The van der Waals surface area contributed by atoms with E-state index in [1.165, 1.54) is 10.7 Å². The molecule has 0 unspecified atom stereocenters. The normalized spacial score (nSPS) is 10.4. The Kier molecular flexibility index (Phi) is 2.17. The summed E-state index contributed by atoms with van der Waals surface area (Å²) >= 11 is 0. The summed E-state index contributed by atoms with van der Waals surface area (Å²) in [5.74, 6) is 0.257. The van der Waals surface area contributed by atoms with Gasteiger partial charge in [-0.2, -0.15) is 5.26 Å². The Morgan fingerprint density at radius 3 is 2.72 bits per heavy atom. The molecule has 0 aliphatic heterocycles. The molecular weight excluding hydrogens is 228 g/mol. The third-order valence-corrected chi connectivity index (χ3v) is 2.64. The second-order valence-electron chi connectivity index (χ2n) is 3.70. The Bertz CT molecular complexity index is 753. The molecule has 18 heavy (non-hydrogen) atoms. The molecule has 0 radical (unpaired) electrons. The average Bonchev–Trinajstić information content (AvgIpc) is 2.89. The van der Waals surface area contributed by atoms with Crippen LogP contribution in [0.2, 0.25) is 0 Å². The number of nitrogen functional groups attached to an aromatic ring is 1. The van der Waals surface area contributed by atoms with Crippen LogP contribution in [0.4, 0.5) is 5.95 Å². The quantitative estimate of drug-likeness (QED) is 0.686. The number of nitrogens with zero attached hydrogens (tertiary/aromatic N) is 5. The third-order valence-electron chi connectivity index (χ3n) is 2.64. The molecule has 0 aliphatic rings. The number of benzene rings is 1. The van der Waals surface area contributed by atoms with E-state index >= 15 is 0 Å². The number of aromatic nitrogens is 4. The van der Waals surface area contributed by atoms with Crippen LogP contribution in [0.5, 0.6) is 0 Å². The summed E-state index contributed by atoms with van der Waals surface area (Å²) in [5.41, 5.74) is 7.96. The van der Waals surface area contributed by atoms with Gasteiger partial charge in [-0.05, 0) is 0 Å². The molecule has 1 aromatic carbocycles. The van der Waals surface area contributed by atoms with Gasteiger partial charge in [-0.3, -0.25) is 4.40 Å². The van der Waals surface area contributed by atoms with E-state index in [4.69, 9.17) is 5.73 Å². The third kappa shape index (κ3) is 1.38. The number of nitrogens with two attached hydrogens (primary N) is 1. The van der Waals surface area contributed by atoms with E-state index in [2.05, 4.69) is 21.3 Å². The van der Waals surface area contributed by atoms with Crippen molar-refractivity contribution in [2.75, 3.05) is 5.73 Å². The molecule has 2 N–H and O–H groups in total. The minimum Gasteiger partial charge on any atom is -0.369 e. The SMILES string of the molecule is N#Cc1c(-c2ccccc2)nc(N)n2cnnc12. The van der Waals surface area contributed by atoms with Crippen LogP contribution >= 0.6 is 0 Å². The molecule has 2 heterocycles. The van der Waals surface area contributed by atoms with Gasteiger partial charge in [-0.15, -0.1) is 10.2 Å². The fourth-order valence-corrected chi connectivity index (χ4v) is 1.81. The van der Waals surface area contributed by atoms with Crippen LogP contribution in [0.3, 0.4) is 0 Å². The molecular formula is C12H8N6. The summed E-state index contributed by atoms with van der Waals surface area (Å²) in [6, 6.07) is 11.5. The fourth-order valence-electron chi connectivity index (χ4n) is 1.81. The monoisotopic (exact) mass is 236 g/mol. The highest BCUT2D eigenvalue weighted by molar-refractivity contribution is 5.75. The molecule has 6 nitrogen and oxygen atoms in total. The Hall–Kier alpha value is -2.94. The molecule has 3 rings (SSSR count). The van der Waals surface area contributed by atoms with Gasteiger partial charge in [0.2, 0.25) is 5.95 Å². The lowest BCUT2D eigenvalue weighted by Crippen LogP contribution is -2.04. The predicted molar refractivity (Wildman–Crippen MR) is 65.3 cm³/mol. The first-order valence-corrected chi connectivity index (χ1v) is 5.26. The smallest absolute Gasteiger partial charge is 0.207 e. The van der Waals surface area contributed by atoms with Crippen LogP contribution in [0.15, 0.2) is 36.7 Å². The van der Waals surface area contributed by atoms with Gasteiger partial charge in [0, 0.05) is 5.56 Å². The number of rotatable bonds is 1. The van der Waals surface area contributed by atoms with Crippen LogP contribution < -0.4 is 5.73 Å². The molecule has 3 aromatic rings. The summed E-state index contributed by atoms with van der Waals surface area (Å²) in [5, 5.41) is 16.9. The standard InChI is InChI=1S/C12H8N6/c13-6-9-10(8-4-2-1-3-5-8)16-12(14)18-7-15-17-11(9)18/h1-5,7H,(H2,14,16). The first-order chi connectivity index (χ1) is 8.81. The van der Waals surface area contributed by atoms with E-state index in [-0.39, 0.29) is 5.95 Å². The van der Waals surface area contributed by atoms with E-state index in [1.807, 2.05) is 30.3 Å². The summed E-state index contributed by atoms with van der Waals surface area (Å²) in [6.07, 6.45) is 1.44. The molecule has 0 fully saturated rings. The molecule has 0 saturated carbocycles. The maximum absolute atomic E-state index is 9.28. The minimum absolute atomic E-state index is 0.257. The lowest BCUT2D eigenvalue weighted by atomic mass is 10.1. The number of hydrogen-bond acceptors (Lipinski definition) is 5. The van der Waals surface area contributed by atoms with Crippen molar-refractivity contribution in [3.63, 3.8) is 0 Å². The van der Waals surface area contributed by atoms with Gasteiger partial charge >= 0.3 is 0 Å². The zero-order chi connectivity index (χ0) is 12.5. The van der Waals surface area contributed by atoms with E-state index in [1.54, 1.807) is 0 Å². The number of fused-ring (bicyclic) bond motifs is 1. The van der Waals surface area contributed by atoms with Crippen LogP contribution in [0.1, 0.15) is 5.56 Å². The van der Waals surface area contributed by atoms with Gasteiger partial charge in [0.15, 0.2) is 5.65 Å². The van der Waals surface area contributed by atoms with Crippen LogP contribution in [0, 0.1) is 11.3 Å². The molecule has 0 saturated heterocycles. The molecule has 0 aliphatic carbocycles. The first-order valence-electron chi connectivity index (χ1n) is 5.26. The van der Waals surface area contributed by atoms with Crippen molar-refractivity contribution in [2.45, 2.75) is 0 Å². The molecule has 0 amide bonds. The highest BCUT2D eigenvalue weighted by atomic mass is 15.3. The Balaban J connectivity index is 2.40. The lowest BCUT2D eigenvalue weighted by Gasteiger charge is -2.06. The van der Waals surface area contributed by atoms with E-state index in [0.29, 0.717) is 16.9 Å². The number of hydrogen-bond donors (Lipinski definition) is 1. The minimum atomic E-state index is 0.257. The van der Waals surface area contributed by atoms with Gasteiger partial charge < -0.3 is 5.73 Å². The Labute approximate surface area is 102 Å². The molecule has 6 heteroatoms. The van der Waals surface area contributed by atoms with Crippen molar-refractivity contribution in [1.29, 1.82) is 5.26 Å². The van der Waals surface area contributed by atoms with Crippen molar-refractivity contribution in [1.82, 2.24) is 19.6 Å². The van der Waals surface area contributed by atoms with Crippen molar-refractivity contribution < 1.29 is 0 Å².